The number of aromatic nitrogens is 2. The predicted molar refractivity (Wildman–Crippen MR) is 69.8 cm³/mol. The van der Waals surface area contributed by atoms with E-state index >= 15 is 0 Å². The first-order valence-electron chi connectivity index (χ1n) is 6.83. The first-order valence-corrected chi connectivity index (χ1v) is 6.83. The summed E-state index contributed by atoms with van der Waals surface area (Å²) in [5, 5.41) is 0. The van der Waals surface area contributed by atoms with Gasteiger partial charge in [0.1, 0.15) is 0 Å². The van der Waals surface area contributed by atoms with Gasteiger partial charge in [0.2, 0.25) is 0 Å². The molecule has 1 unspecified atom stereocenters. The SMILES string of the molecule is COCC1CN(C(=O)N2CCCC2)Cc2cncn21. The summed E-state index contributed by atoms with van der Waals surface area (Å²) in [4.78, 5) is 20.5. The molecule has 3 rings (SSSR count). The molecule has 0 bridgehead atoms. The fraction of sp³-hybridized carbons (Fsp3) is 0.692. The van der Waals surface area contributed by atoms with E-state index in [-0.39, 0.29) is 12.1 Å². The number of methoxy groups -OCH3 is 1. The molecule has 2 aliphatic rings. The summed E-state index contributed by atoms with van der Waals surface area (Å²) < 4.78 is 7.38. The summed E-state index contributed by atoms with van der Waals surface area (Å²) in [7, 11) is 1.69. The fourth-order valence-electron chi connectivity index (χ4n) is 2.97. The zero-order valence-corrected chi connectivity index (χ0v) is 11.3. The molecule has 0 radical (unpaired) electrons. The van der Waals surface area contributed by atoms with Crippen LogP contribution < -0.4 is 0 Å². The number of urea groups is 1. The van der Waals surface area contributed by atoms with Gasteiger partial charge >= 0.3 is 6.03 Å². The highest BCUT2D eigenvalue weighted by Crippen LogP contribution is 2.23. The van der Waals surface area contributed by atoms with Gasteiger partial charge in [-0.15, -0.1) is 0 Å². The molecule has 2 aliphatic heterocycles. The number of carbonyl (C=O) groups is 1. The molecule has 1 saturated heterocycles. The second-order valence-electron chi connectivity index (χ2n) is 5.26. The number of amides is 2. The maximum absolute atomic E-state index is 12.5. The van der Waals surface area contributed by atoms with Gasteiger partial charge in [-0.2, -0.15) is 0 Å². The van der Waals surface area contributed by atoms with Crippen LogP contribution in [0.15, 0.2) is 12.5 Å². The molecule has 0 aliphatic carbocycles. The van der Waals surface area contributed by atoms with E-state index in [1.807, 2.05) is 22.3 Å². The molecule has 0 aromatic carbocycles. The van der Waals surface area contributed by atoms with Crippen LogP contribution in [0, 0.1) is 0 Å². The van der Waals surface area contributed by atoms with E-state index < -0.39 is 0 Å². The monoisotopic (exact) mass is 264 g/mol. The number of hydrogen-bond acceptors (Lipinski definition) is 3. The highest BCUT2D eigenvalue weighted by Gasteiger charge is 2.31. The molecule has 0 saturated carbocycles. The minimum absolute atomic E-state index is 0.158. The number of fused-ring (bicyclic) bond motifs is 1. The van der Waals surface area contributed by atoms with E-state index in [0.29, 0.717) is 19.7 Å². The van der Waals surface area contributed by atoms with E-state index in [0.717, 1.165) is 31.6 Å². The summed E-state index contributed by atoms with van der Waals surface area (Å²) in [6.45, 7) is 3.74. The fourth-order valence-corrected chi connectivity index (χ4v) is 2.97. The van der Waals surface area contributed by atoms with Crippen molar-refractivity contribution in [3.63, 3.8) is 0 Å². The van der Waals surface area contributed by atoms with Crippen LogP contribution >= 0.6 is 0 Å². The smallest absolute Gasteiger partial charge is 0.320 e. The van der Waals surface area contributed by atoms with Crippen LogP contribution in [-0.4, -0.2) is 58.7 Å². The van der Waals surface area contributed by atoms with Gasteiger partial charge < -0.3 is 19.1 Å². The maximum Gasteiger partial charge on any atom is 0.320 e. The molecule has 19 heavy (non-hydrogen) atoms. The van der Waals surface area contributed by atoms with Crippen LogP contribution in [0.5, 0.6) is 0 Å². The van der Waals surface area contributed by atoms with E-state index in [2.05, 4.69) is 9.55 Å². The Balaban J connectivity index is 1.76. The van der Waals surface area contributed by atoms with Gasteiger partial charge in [-0.05, 0) is 12.8 Å². The van der Waals surface area contributed by atoms with E-state index in [1.54, 1.807) is 7.11 Å². The average molecular weight is 264 g/mol. The molecule has 2 amide bonds. The third kappa shape index (κ3) is 2.32. The Morgan fingerprint density at radius 3 is 2.95 bits per heavy atom. The number of hydrogen-bond donors (Lipinski definition) is 0. The van der Waals surface area contributed by atoms with Gasteiger partial charge in [0.05, 0.1) is 31.2 Å². The molecule has 1 aromatic rings. The lowest BCUT2D eigenvalue weighted by molar-refractivity contribution is 0.0990. The minimum Gasteiger partial charge on any atom is -0.382 e. The molecule has 1 fully saturated rings. The summed E-state index contributed by atoms with van der Waals surface area (Å²) in [5.74, 6) is 0. The molecule has 3 heterocycles. The number of rotatable bonds is 2. The number of ether oxygens (including phenoxy) is 1. The van der Waals surface area contributed by atoms with Crippen LogP contribution in [0.1, 0.15) is 24.6 Å². The third-order valence-electron chi connectivity index (χ3n) is 3.93. The maximum atomic E-state index is 12.5. The van der Waals surface area contributed by atoms with E-state index in [4.69, 9.17) is 4.74 Å². The van der Waals surface area contributed by atoms with Crippen molar-refractivity contribution in [2.45, 2.75) is 25.4 Å². The van der Waals surface area contributed by atoms with Crippen molar-refractivity contribution in [3.8, 4) is 0 Å². The van der Waals surface area contributed by atoms with Crippen molar-refractivity contribution in [1.29, 1.82) is 0 Å². The highest BCUT2D eigenvalue weighted by atomic mass is 16.5. The van der Waals surface area contributed by atoms with Gasteiger partial charge in [0.15, 0.2) is 0 Å². The number of imidazole rings is 1. The first-order chi connectivity index (χ1) is 9.29. The molecule has 0 N–H and O–H groups in total. The van der Waals surface area contributed by atoms with Gasteiger partial charge in [-0.25, -0.2) is 9.78 Å². The molecule has 6 heteroatoms. The van der Waals surface area contributed by atoms with Crippen molar-refractivity contribution in [1.82, 2.24) is 19.4 Å². The Kier molecular flexibility index (Phi) is 3.42. The van der Waals surface area contributed by atoms with Gasteiger partial charge in [-0.1, -0.05) is 0 Å². The van der Waals surface area contributed by atoms with Crippen molar-refractivity contribution in [3.05, 3.63) is 18.2 Å². The van der Waals surface area contributed by atoms with Crippen molar-refractivity contribution in [2.75, 3.05) is 33.4 Å². The van der Waals surface area contributed by atoms with Crippen molar-refractivity contribution < 1.29 is 9.53 Å². The highest BCUT2D eigenvalue weighted by molar-refractivity contribution is 5.74. The van der Waals surface area contributed by atoms with Gasteiger partial charge in [-0.3, -0.25) is 0 Å². The van der Waals surface area contributed by atoms with Crippen LogP contribution in [-0.2, 0) is 11.3 Å². The lowest BCUT2D eigenvalue weighted by Crippen LogP contribution is -2.47. The van der Waals surface area contributed by atoms with Crippen LogP contribution in [0.2, 0.25) is 0 Å². The lowest BCUT2D eigenvalue weighted by atomic mass is 10.2. The average Bonchev–Trinajstić information content (AvgIpc) is 3.09. The topological polar surface area (TPSA) is 50.6 Å². The number of carbonyl (C=O) groups excluding carboxylic acids is 1. The predicted octanol–water partition coefficient (Wildman–Crippen LogP) is 1.10. The Labute approximate surface area is 113 Å². The zero-order chi connectivity index (χ0) is 13.2. The van der Waals surface area contributed by atoms with Gasteiger partial charge in [0, 0.05) is 32.9 Å². The molecule has 1 aromatic heterocycles. The minimum atomic E-state index is 0.158. The summed E-state index contributed by atoms with van der Waals surface area (Å²) in [5.41, 5.74) is 1.08. The number of likely N-dealkylation sites (tertiary alicyclic amines) is 1. The van der Waals surface area contributed by atoms with Crippen LogP contribution in [0.4, 0.5) is 4.79 Å². The Bertz CT molecular complexity index is 453. The first kappa shape index (κ1) is 12.5. The van der Waals surface area contributed by atoms with Gasteiger partial charge in [0.25, 0.3) is 0 Å². The summed E-state index contributed by atoms with van der Waals surface area (Å²) in [6, 6.07) is 0.328. The second kappa shape index (κ2) is 5.21. The third-order valence-corrected chi connectivity index (χ3v) is 3.93. The van der Waals surface area contributed by atoms with Crippen molar-refractivity contribution >= 4 is 6.03 Å². The van der Waals surface area contributed by atoms with Crippen LogP contribution in [0.25, 0.3) is 0 Å². The lowest BCUT2D eigenvalue weighted by Gasteiger charge is -2.36. The summed E-state index contributed by atoms with van der Waals surface area (Å²) in [6.07, 6.45) is 5.92. The van der Waals surface area contributed by atoms with Crippen molar-refractivity contribution in [2.24, 2.45) is 0 Å². The second-order valence-corrected chi connectivity index (χ2v) is 5.26. The Hall–Kier alpha value is -1.56. The van der Waals surface area contributed by atoms with E-state index in [9.17, 15) is 4.79 Å². The molecule has 1 atom stereocenters. The normalized spacial score (nSPS) is 22.7. The quantitative estimate of drug-likeness (QED) is 0.804. The molecule has 0 spiro atoms. The summed E-state index contributed by atoms with van der Waals surface area (Å²) >= 11 is 0. The standard InChI is InChI=1S/C13H20N4O2/c1-19-9-12-8-16(7-11-6-14-10-17(11)12)13(18)15-4-2-3-5-15/h6,10,12H,2-5,7-9H2,1H3. The van der Waals surface area contributed by atoms with E-state index in [1.165, 1.54) is 0 Å². The Morgan fingerprint density at radius 1 is 1.42 bits per heavy atom. The molecular formula is C13H20N4O2. The van der Waals surface area contributed by atoms with Crippen LogP contribution in [0.3, 0.4) is 0 Å². The molecule has 104 valence electrons. The largest absolute Gasteiger partial charge is 0.382 e. The number of nitrogens with zero attached hydrogens (tertiary/aromatic N) is 4. The molecular weight excluding hydrogens is 244 g/mol. The molecule has 6 nitrogen and oxygen atoms in total. The Morgan fingerprint density at radius 2 is 2.21 bits per heavy atom. The zero-order valence-electron chi connectivity index (χ0n) is 11.3.